The lowest BCUT2D eigenvalue weighted by Crippen LogP contribution is -2.32. The molecular weight excluding hydrogens is 1900 g/mol. The maximum atomic E-state index is 14.3. The lowest BCUT2D eigenvalue weighted by atomic mass is 10.1. The summed E-state index contributed by atoms with van der Waals surface area (Å²) in [5, 5.41) is 104. The van der Waals surface area contributed by atoms with Crippen LogP contribution in [0.15, 0.2) is 36.4 Å². The molecule has 0 aromatic carbocycles. The molecule has 0 spiro atoms. The molecule has 5 aliphatic rings. The summed E-state index contributed by atoms with van der Waals surface area (Å²) < 4.78 is 52.3. The third-order valence-electron chi connectivity index (χ3n) is 21.2. The van der Waals surface area contributed by atoms with Gasteiger partial charge in [0.05, 0.1) is 30.5 Å². The van der Waals surface area contributed by atoms with Crippen molar-refractivity contribution in [1.82, 2.24) is 97.6 Å². The minimum Gasteiger partial charge on any atom is -0.388 e. The SMILES string of the molecule is C=P(C)(C)CC[C@H]1O[C@@H](n2c(Br)nc3c(N)ncnc32)[C@H](O)[C@@H]1O.C=P(C)(C)CC[C@H]1O[C@@H](n2c(CCCC)nc3c(N)ncnc32)[C@H](O)[C@@H]1O.C=P(C)(C)CC[C@H]1O[C@@H](n2c(Cl)nc3c(N)ncnc32)[C@H](O)[C@@H]1O.C=P(C)(C)CC[C@H]1O[C@@H](n2c(F)nc3c(N)ncnc32)[C@H](O)[C@@H]1O.C=P(C)(C)CC[C@H]1O[C@@H](n2c(I)nc3c(N)ncnc32)[C@H](O)[C@@H]1O. The second kappa shape index (κ2) is 39.6. The Morgan fingerprint density at radius 1 is 0.382 bits per heavy atom. The summed E-state index contributed by atoms with van der Waals surface area (Å²) in [4.78, 5) is 61.3. The number of nitrogens with zero attached hydrogens (tertiary/aromatic N) is 20. The zero-order valence-corrected chi connectivity index (χ0v) is 79.2. The van der Waals surface area contributed by atoms with Gasteiger partial charge in [-0.1, -0.05) is 13.3 Å². The zero-order valence-electron chi connectivity index (χ0n) is 70.3. The molecule has 10 aromatic rings. The summed E-state index contributed by atoms with van der Waals surface area (Å²) in [6, 6.07) is 0. The molecule has 15 heterocycles. The van der Waals surface area contributed by atoms with Gasteiger partial charge in [-0.2, -0.15) is 9.37 Å². The smallest absolute Gasteiger partial charge is 0.293 e. The third kappa shape index (κ3) is 22.7. The van der Waals surface area contributed by atoms with Gasteiger partial charge in [0.1, 0.15) is 98.5 Å². The molecule has 0 saturated carbocycles. The highest BCUT2D eigenvalue weighted by atomic mass is 127. The van der Waals surface area contributed by atoms with Crippen LogP contribution >= 0.6 is 84.6 Å². The Bertz CT molecular complexity index is 5120. The molecule has 0 unspecified atom stereocenters. The molecule has 5 saturated heterocycles. The van der Waals surface area contributed by atoms with E-state index in [1.165, 1.54) is 36.2 Å². The van der Waals surface area contributed by atoms with Crippen molar-refractivity contribution in [3.05, 3.63) is 57.4 Å². The van der Waals surface area contributed by atoms with Crippen molar-refractivity contribution in [1.29, 1.82) is 0 Å². The van der Waals surface area contributed by atoms with Gasteiger partial charge >= 0.3 is 0 Å². The van der Waals surface area contributed by atoms with Gasteiger partial charge in [-0.05, 0) is 164 Å². The monoisotopic (exact) mass is 2010 g/mol. The first-order valence-electron chi connectivity index (χ1n) is 39.5. The average Bonchev–Trinajstić information content (AvgIpc) is 1.69. The fourth-order valence-corrected chi connectivity index (χ4v) is 20.9. The van der Waals surface area contributed by atoms with Crippen molar-refractivity contribution < 1.29 is 79.1 Å². The maximum absolute atomic E-state index is 14.3. The van der Waals surface area contributed by atoms with Crippen LogP contribution in [0.4, 0.5) is 33.5 Å². The first kappa shape index (κ1) is 97.7. The first-order chi connectivity index (χ1) is 57.5. The number of nitrogens with two attached hydrogens (primary N) is 5. The quantitative estimate of drug-likeness (QED) is 0.0243. The lowest BCUT2D eigenvalue weighted by molar-refractivity contribution is -0.0413. The van der Waals surface area contributed by atoms with Gasteiger partial charge in [0.15, 0.2) is 125 Å². The molecule has 0 radical (unpaired) electrons. The molecule has 20 N–H and O–H groups in total. The van der Waals surface area contributed by atoms with Crippen LogP contribution in [-0.2, 0) is 30.1 Å². The number of rotatable bonds is 23. The number of aliphatic hydroxyl groups is 10. The molecule has 40 nitrogen and oxygen atoms in total. The third-order valence-corrected chi connectivity index (χ3v) is 30.2. The molecule has 5 aliphatic heterocycles. The van der Waals surface area contributed by atoms with E-state index in [0.29, 0.717) is 97.6 Å². The molecule has 123 heavy (non-hydrogen) atoms. The van der Waals surface area contributed by atoms with E-state index in [1.54, 1.807) is 13.7 Å². The number of hydrogen-bond donors (Lipinski definition) is 15. The lowest BCUT2D eigenvalue weighted by Gasteiger charge is -2.20. The van der Waals surface area contributed by atoms with Crippen LogP contribution in [0.2, 0.25) is 5.28 Å². The molecule has 15 rings (SSSR count). The molecule has 678 valence electrons. The highest BCUT2D eigenvalue weighted by molar-refractivity contribution is 14.1. The van der Waals surface area contributed by atoms with Crippen molar-refractivity contribution >= 4 is 201 Å². The largest absolute Gasteiger partial charge is 0.388 e. The number of imidazole rings is 5. The molecule has 0 amide bonds. The summed E-state index contributed by atoms with van der Waals surface area (Å²) in [5.41, 5.74) is 32.8. The summed E-state index contributed by atoms with van der Waals surface area (Å²) in [7, 11) is 0. The minimum absolute atomic E-state index is 0.0332. The topological polar surface area (TPSA) is 597 Å². The van der Waals surface area contributed by atoms with Crippen LogP contribution in [0.5, 0.6) is 0 Å². The normalized spacial score (nSPS) is 27.5. The van der Waals surface area contributed by atoms with Gasteiger partial charge in [0.25, 0.3) is 6.08 Å². The predicted octanol–water partition coefficient (Wildman–Crippen LogP) is 4.14. The summed E-state index contributed by atoms with van der Waals surface area (Å²) in [6.07, 6.45) is 18.9. The fourth-order valence-electron chi connectivity index (χ4n) is 14.5. The number of hydrogen-bond acceptors (Lipinski definition) is 35. The Morgan fingerprint density at radius 3 is 0.984 bits per heavy atom. The van der Waals surface area contributed by atoms with E-state index in [2.05, 4.69) is 196 Å². The zero-order chi connectivity index (χ0) is 90.4. The van der Waals surface area contributed by atoms with Crippen LogP contribution in [0.3, 0.4) is 0 Å². The standard InChI is InChI=1S/C18H30N5O3P.C14H21BrN5O3P.C14H21ClN5O3P.C14H21FN5O3P.C14H21IN5O3P/c1-5-6-7-12-22-13-16(19)20-10-21-17(13)23(12)18-15(25)14(24)11(26-18)8-9-27(2,3)4;4*1-24(2,3)5-4-7-9(21)10(22)13(23-7)20-12-8(19-14(20)15)11(16)17-6-18-12/h10-11,14-15,18,24-25H,2,5-9H2,1,3-4H3,(H2,19,20,21);4*6-7,9-10,13,21-22H,1,4-5H2,2-3H3,(H2,16,17,18)/t11-,14-,15-,18-;4*7-,9-,10-,13-/m11111/s1. The van der Waals surface area contributed by atoms with E-state index < -0.39 is 163 Å². The van der Waals surface area contributed by atoms with Crippen molar-refractivity contribution in [2.24, 2.45) is 0 Å². The highest BCUT2D eigenvalue weighted by Crippen LogP contribution is 2.47. The number of aryl methyl sites for hydroxylation is 1. The Kier molecular flexibility index (Phi) is 31.4. The summed E-state index contributed by atoms with van der Waals surface area (Å²) in [6.45, 7) is 17.0. The van der Waals surface area contributed by atoms with Crippen molar-refractivity contribution in [2.45, 2.75) is 181 Å². The van der Waals surface area contributed by atoms with E-state index >= 15 is 0 Å². The van der Waals surface area contributed by atoms with Gasteiger partial charge in [0.2, 0.25) is 5.28 Å². The van der Waals surface area contributed by atoms with E-state index in [-0.39, 0.29) is 39.7 Å². The number of nitrogen functional groups attached to an aromatic ring is 5. The Balaban J connectivity index is 0.000000150. The van der Waals surface area contributed by atoms with Gasteiger partial charge in [-0.3, -0.25) is 22.8 Å². The van der Waals surface area contributed by atoms with E-state index in [1.807, 2.05) is 22.6 Å². The number of halogens is 4. The second-order valence-corrected chi connectivity index (χ2v) is 58.2. The predicted molar refractivity (Wildman–Crippen MR) is 499 cm³/mol. The van der Waals surface area contributed by atoms with Gasteiger partial charge < -0.3 is 103 Å². The Labute approximate surface area is 737 Å². The minimum atomic E-state index is -1.30. The second-order valence-electron chi connectivity index (χ2n) is 34.6. The number of anilines is 5. The molecule has 49 heteroatoms. The van der Waals surface area contributed by atoms with Crippen molar-refractivity contribution in [3.63, 3.8) is 0 Å². The van der Waals surface area contributed by atoms with Crippen molar-refractivity contribution in [2.75, 3.05) is 126 Å². The van der Waals surface area contributed by atoms with Crippen LogP contribution in [0.25, 0.3) is 55.8 Å². The van der Waals surface area contributed by atoms with Crippen LogP contribution in [0.1, 0.15) is 88.8 Å². The Morgan fingerprint density at radius 2 is 0.642 bits per heavy atom. The maximum Gasteiger partial charge on any atom is 0.293 e. The number of fused-ring (bicyclic) bond motifs is 5. The molecule has 10 aromatic heterocycles. The van der Waals surface area contributed by atoms with E-state index in [9.17, 15) is 55.5 Å². The Hall–Kier alpha value is -5.92. The first-order valence-corrected chi connectivity index (χ1v) is 57.0. The molecule has 20 atom stereocenters. The number of aliphatic hydroxyl groups excluding tert-OH is 10. The fraction of sp³-hybridized carbons (Fsp3) is 0.595. The van der Waals surface area contributed by atoms with E-state index in [4.69, 9.17) is 64.0 Å². The van der Waals surface area contributed by atoms with Crippen LogP contribution < -0.4 is 28.7 Å². The van der Waals surface area contributed by atoms with Crippen LogP contribution in [0, 0.1) is 9.91 Å². The number of unbranched alkanes of at least 4 members (excludes halogenated alkanes) is 1. The summed E-state index contributed by atoms with van der Waals surface area (Å²) >= 11 is 11.6. The van der Waals surface area contributed by atoms with Crippen molar-refractivity contribution in [3.8, 4) is 0 Å². The molecular formula is C74H114BrClFIN25O15P5. The number of aromatic nitrogens is 20. The van der Waals surface area contributed by atoms with Gasteiger partial charge in [0, 0.05) is 29.0 Å². The van der Waals surface area contributed by atoms with E-state index in [0.717, 1.165) is 54.0 Å². The van der Waals surface area contributed by atoms with Gasteiger partial charge in [-0.15, -0.1) is 65.9 Å². The number of ether oxygens (including phenoxy) is 5. The van der Waals surface area contributed by atoms with Gasteiger partial charge in [-0.25, -0.2) is 69.8 Å². The molecule has 5 fully saturated rings. The van der Waals surface area contributed by atoms with Crippen LogP contribution in [-0.4, -0.2) is 369 Å². The molecule has 0 bridgehead atoms. The highest BCUT2D eigenvalue weighted by Gasteiger charge is 2.50. The molecule has 0 aliphatic carbocycles. The summed E-state index contributed by atoms with van der Waals surface area (Å²) in [5.74, 6) is 1.77. The average molecular weight is 2010 g/mol.